The van der Waals surface area contributed by atoms with Crippen LogP contribution in [0.4, 0.5) is 5.95 Å². The molecule has 128 valence electrons. The molecule has 2 atom stereocenters. The van der Waals surface area contributed by atoms with Gasteiger partial charge in [-0.15, -0.1) is 0 Å². The zero-order valence-electron chi connectivity index (χ0n) is 14.0. The summed E-state index contributed by atoms with van der Waals surface area (Å²) >= 11 is 0. The topological polar surface area (TPSA) is 87.0 Å². The number of hydrogen-bond acceptors (Lipinski definition) is 7. The second kappa shape index (κ2) is 6.39. The van der Waals surface area contributed by atoms with Crippen LogP contribution in [0.5, 0.6) is 11.5 Å². The minimum atomic E-state index is -0.0580. The molecule has 0 amide bonds. The summed E-state index contributed by atoms with van der Waals surface area (Å²) in [6, 6.07) is 9.77. The summed E-state index contributed by atoms with van der Waals surface area (Å²) in [5, 5.41) is 15.4. The van der Waals surface area contributed by atoms with E-state index < -0.39 is 0 Å². The highest BCUT2D eigenvalue weighted by Gasteiger charge is 2.32. The Morgan fingerprint density at radius 3 is 2.88 bits per heavy atom. The Hall–Kier alpha value is -3.16. The third-order valence-corrected chi connectivity index (χ3v) is 4.44. The maximum Gasteiger partial charge on any atom is 0.244 e. The van der Waals surface area contributed by atoms with Crippen LogP contribution in [-0.4, -0.2) is 39.4 Å². The van der Waals surface area contributed by atoms with Crippen LogP contribution in [0.25, 0.3) is 0 Å². The van der Waals surface area contributed by atoms with Crippen LogP contribution in [0.2, 0.25) is 0 Å². The van der Waals surface area contributed by atoms with Crippen LogP contribution in [0.3, 0.4) is 0 Å². The highest BCUT2D eigenvalue weighted by Crippen LogP contribution is 2.40. The van der Waals surface area contributed by atoms with E-state index in [0.717, 1.165) is 29.0 Å². The van der Waals surface area contributed by atoms with Crippen molar-refractivity contribution < 1.29 is 9.47 Å². The first-order valence-corrected chi connectivity index (χ1v) is 7.96. The lowest BCUT2D eigenvalue weighted by Gasteiger charge is -2.31. The maximum atomic E-state index is 5.58. The highest BCUT2D eigenvalue weighted by atomic mass is 16.5. The normalized spacial score (nSPS) is 19.0. The summed E-state index contributed by atoms with van der Waals surface area (Å²) in [4.78, 5) is 4.22. The number of fused-ring (bicyclic) bond motifs is 1. The van der Waals surface area contributed by atoms with Gasteiger partial charge in [0, 0.05) is 24.0 Å². The predicted octanol–water partition coefficient (Wildman–Crippen LogP) is 2.23. The van der Waals surface area contributed by atoms with E-state index in [0.29, 0.717) is 5.95 Å². The predicted molar refractivity (Wildman–Crippen MR) is 90.7 cm³/mol. The van der Waals surface area contributed by atoms with Gasteiger partial charge in [-0.2, -0.15) is 0 Å². The Morgan fingerprint density at radius 1 is 1.20 bits per heavy atom. The number of anilines is 1. The molecule has 0 radical (unpaired) electrons. The monoisotopic (exact) mass is 338 g/mol. The Bertz CT molecular complexity index is 867. The third-order valence-electron chi connectivity index (χ3n) is 4.44. The molecule has 25 heavy (non-hydrogen) atoms. The molecule has 0 bridgehead atoms. The van der Waals surface area contributed by atoms with Gasteiger partial charge in [-0.3, -0.25) is 4.98 Å². The Morgan fingerprint density at radius 2 is 2.12 bits per heavy atom. The summed E-state index contributed by atoms with van der Waals surface area (Å²) in [7, 11) is 3.29. The lowest BCUT2D eigenvalue weighted by molar-refractivity contribution is 0.369. The molecule has 1 aliphatic heterocycles. The Labute approximate surface area is 144 Å². The average Bonchev–Trinajstić information content (AvgIpc) is 3.16. The molecule has 0 saturated heterocycles. The van der Waals surface area contributed by atoms with Gasteiger partial charge in [-0.05, 0) is 40.6 Å². The van der Waals surface area contributed by atoms with Crippen LogP contribution in [0, 0.1) is 0 Å². The van der Waals surface area contributed by atoms with Crippen LogP contribution < -0.4 is 14.8 Å². The quantitative estimate of drug-likeness (QED) is 0.780. The van der Waals surface area contributed by atoms with Crippen molar-refractivity contribution in [2.45, 2.75) is 18.5 Å². The molecular weight excluding hydrogens is 320 g/mol. The fourth-order valence-electron chi connectivity index (χ4n) is 3.19. The number of aromatic nitrogens is 5. The Balaban J connectivity index is 1.76. The van der Waals surface area contributed by atoms with E-state index in [2.05, 4.69) is 25.8 Å². The zero-order chi connectivity index (χ0) is 17.2. The lowest BCUT2D eigenvalue weighted by atomic mass is 9.93. The summed E-state index contributed by atoms with van der Waals surface area (Å²) in [5.74, 6) is 2.12. The molecule has 0 saturated carbocycles. The van der Waals surface area contributed by atoms with Crippen molar-refractivity contribution in [3.8, 4) is 11.5 Å². The number of benzene rings is 1. The molecule has 2 unspecified atom stereocenters. The molecule has 8 heteroatoms. The first kappa shape index (κ1) is 15.4. The van der Waals surface area contributed by atoms with E-state index in [1.807, 2.05) is 36.5 Å². The van der Waals surface area contributed by atoms with Crippen molar-refractivity contribution in [3.63, 3.8) is 0 Å². The van der Waals surface area contributed by atoms with Crippen molar-refractivity contribution >= 4 is 5.95 Å². The second-order valence-corrected chi connectivity index (χ2v) is 5.79. The minimum absolute atomic E-state index is 0.0580. The van der Waals surface area contributed by atoms with Gasteiger partial charge in [0.2, 0.25) is 5.95 Å². The van der Waals surface area contributed by atoms with Gasteiger partial charge in [0.05, 0.1) is 26.3 Å². The minimum Gasteiger partial charge on any atom is -0.497 e. The van der Waals surface area contributed by atoms with Gasteiger partial charge in [-0.25, -0.2) is 4.68 Å². The van der Waals surface area contributed by atoms with Crippen molar-refractivity contribution in [2.75, 3.05) is 19.5 Å². The van der Waals surface area contributed by atoms with Gasteiger partial charge in [0.1, 0.15) is 11.5 Å². The fraction of sp³-hybridized carbons (Fsp3) is 0.294. The summed E-state index contributed by atoms with van der Waals surface area (Å²) < 4.78 is 12.7. The molecule has 3 heterocycles. The lowest BCUT2D eigenvalue weighted by Crippen LogP contribution is -2.28. The molecule has 8 nitrogen and oxygen atoms in total. The molecule has 0 spiro atoms. The van der Waals surface area contributed by atoms with Crippen LogP contribution in [-0.2, 0) is 0 Å². The van der Waals surface area contributed by atoms with Crippen molar-refractivity contribution in [2.24, 2.45) is 0 Å². The second-order valence-electron chi connectivity index (χ2n) is 5.79. The van der Waals surface area contributed by atoms with Gasteiger partial charge in [0.15, 0.2) is 0 Å². The van der Waals surface area contributed by atoms with Gasteiger partial charge < -0.3 is 14.8 Å². The molecule has 4 rings (SSSR count). The number of nitrogens with zero attached hydrogens (tertiary/aromatic N) is 5. The molecule has 2 aromatic heterocycles. The third kappa shape index (κ3) is 2.75. The summed E-state index contributed by atoms with van der Waals surface area (Å²) in [6.07, 6.45) is 4.40. The summed E-state index contributed by atoms with van der Waals surface area (Å²) in [5.41, 5.74) is 2.10. The van der Waals surface area contributed by atoms with Crippen molar-refractivity contribution in [1.82, 2.24) is 25.2 Å². The standard InChI is InChI=1S/C17H18N6O2/c1-24-12-5-6-13(16(8-12)25-2)15-9-14(11-4-3-7-18-10-11)19-17-20-21-22-23(15)17/h3-8,10,14-15H,9H2,1-2H3,(H,19,20,22). The molecule has 1 aliphatic rings. The van der Waals surface area contributed by atoms with Crippen molar-refractivity contribution in [1.29, 1.82) is 0 Å². The smallest absolute Gasteiger partial charge is 0.244 e. The van der Waals surface area contributed by atoms with Crippen LogP contribution in [0.15, 0.2) is 42.7 Å². The number of methoxy groups -OCH3 is 2. The molecule has 1 aromatic carbocycles. The van der Waals surface area contributed by atoms with Gasteiger partial charge in [0.25, 0.3) is 0 Å². The zero-order valence-corrected chi connectivity index (χ0v) is 14.0. The van der Waals surface area contributed by atoms with E-state index >= 15 is 0 Å². The highest BCUT2D eigenvalue weighted by molar-refractivity contribution is 5.45. The van der Waals surface area contributed by atoms with Crippen molar-refractivity contribution in [3.05, 3.63) is 53.9 Å². The Kier molecular flexibility index (Phi) is 3.93. The van der Waals surface area contributed by atoms with E-state index in [9.17, 15) is 0 Å². The number of nitrogens with one attached hydrogen (secondary N) is 1. The van der Waals surface area contributed by atoms with Crippen LogP contribution in [0.1, 0.15) is 29.6 Å². The molecule has 3 aromatic rings. The summed E-state index contributed by atoms with van der Waals surface area (Å²) in [6.45, 7) is 0. The van der Waals surface area contributed by atoms with Gasteiger partial charge in [-0.1, -0.05) is 11.2 Å². The fourth-order valence-corrected chi connectivity index (χ4v) is 3.19. The number of pyridine rings is 1. The van der Waals surface area contributed by atoms with E-state index in [4.69, 9.17) is 9.47 Å². The SMILES string of the molecule is COc1ccc(C2CC(c3cccnc3)Nc3nnnn32)c(OC)c1. The van der Waals surface area contributed by atoms with Gasteiger partial charge >= 0.3 is 0 Å². The molecule has 0 aliphatic carbocycles. The van der Waals surface area contributed by atoms with E-state index in [-0.39, 0.29) is 12.1 Å². The maximum absolute atomic E-state index is 5.58. The average molecular weight is 338 g/mol. The first-order valence-electron chi connectivity index (χ1n) is 7.96. The van der Waals surface area contributed by atoms with E-state index in [1.54, 1.807) is 25.1 Å². The number of rotatable bonds is 4. The molecule has 0 fully saturated rings. The number of hydrogen-bond donors (Lipinski definition) is 1. The number of ether oxygens (including phenoxy) is 2. The molecular formula is C17H18N6O2. The molecule has 1 N–H and O–H groups in total. The van der Waals surface area contributed by atoms with E-state index in [1.165, 1.54) is 0 Å². The number of tetrazole rings is 1. The van der Waals surface area contributed by atoms with Crippen LogP contribution >= 0.6 is 0 Å². The first-order chi connectivity index (χ1) is 12.3. The largest absolute Gasteiger partial charge is 0.497 e.